The Morgan fingerprint density at radius 2 is 1.97 bits per heavy atom. The molecule has 2 amide bonds. The van der Waals surface area contributed by atoms with Crippen molar-refractivity contribution in [2.24, 2.45) is 5.92 Å². The van der Waals surface area contributed by atoms with Gasteiger partial charge >= 0.3 is 0 Å². The van der Waals surface area contributed by atoms with Crippen molar-refractivity contribution >= 4 is 23.2 Å². The minimum absolute atomic E-state index is 0.00127. The maximum Gasteiger partial charge on any atom is 0.254 e. The summed E-state index contributed by atoms with van der Waals surface area (Å²) < 4.78 is 19.6. The smallest absolute Gasteiger partial charge is 0.254 e. The molecule has 35 heavy (non-hydrogen) atoms. The number of hydrogen-bond donors (Lipinski definition) is 0. The van der Waals surface area contributed by atoms with Crippen LogP contribution in [0, 0.1) is 18.7 Å². The number of nitrogens with zero attached hydrogens (tertiary/aromatic N) is 2. The molecule has 2 heterocycles. The van der Waals surface area contributed by atoms with E-state index >= 15 is 0 Å². The maximum absolute atomic E-state index is 13.6. The van der Waals surface area contributed by atoms with E-state index in [0.29, 0.717) is 24.4 Å². The highest BCUT2D eigenvalue weighted by atomic mass is 32.1. The third-order valence-corrected chi connectivity index (χ3v) is 7.19. The molecule has 0 bridgehead atoms. The summed E-state index contributed by atoms with van der Waals surface area (Å²) in [5.41, 5.74) is 2.57. The van der Waals surface area contributed by atoms with E-state index in [1.807, 2.05) is 61.4 Å². The number of carbonyl (C=O) groups is 2. The van der Waals surface area contributed by atoms with E-state index in [2.05, 4.69) is 0 Å². The van der Waals surface area contributed by atoms with Gasteiger partial charge in [0.1, 0.15) is 24.7 Å². The summed E-state index contributed by atoms with van der Waals surface area (Å²) in [7, 11) is 0. The third kappa shape index (κ3) is 5.90. The SMILES string of the molecule is Cc1ccccc1C(=O)N(CC(=O)N1CCc2sccc2[C@@H]1COc1cccc(F)c1)CC(C)C. The number of hydrogen-bond acceptors (Lipinski definition) is 4. The number of amides is 2. The van der Waals surface area contributed by atoms with Crippen molar-refractivity contribution in [2.75, 3.05) is 26.2 Å². The molecule has 184 valence electrons. The van der Waals surface area contributed by atoms with Crippen molar-refractivity contribution in [2.45, 2.75) is 33.2 Å². The lowest BCUT2D eigenvalue weighted by atomic mass is 10.00. The summed E-state index contributed by atoms with van der Waals surface area (Å²) in [6.07, 6.45) is 0.769. The van der Waals surface area contributed by atoms with Gasteiger partial charge in [-0.1, -0.05) is 38.1 Å². The Morgan fingerprint density at radius 1 is 1.17 bits per heavy atom. The van der Waals surface area contributed by atoms with Crippen molar-refractivity contribution in [3.05, 3.63) is 87.4 Å². The largest absolute Gasteiger partial charge is 0.491 e. The van der Waals surface area contributed by atoms with Gasteiger partial charge in [0, 0.05) is 29.6 Å². The van der Waals surface area contributed by atoms with Crippen LogP contribution in [0.3, 0.4) is 0 Å². The van der Waals surface area contributed by atoms with E-state index in [-0.39, 0.29) is 42.7 Å². The monoisotopic (exact) mass is 494 g/mol. The third-order valence-electron chi connectivity index (χ3n) is 6.19. The molecule has 0 fully saturated rings. The maximum atomic E-state index is 13.6. The molecule has 7 heteroatoms. The summed E-state index contributed by atoms with van der Waals surface area (Å²) in [5, 5.41) is 2.03. The molecule has 0 saturated carbocycles. The molecule has 1 atom stereocenters. The first-order chi connectivity index (χ1) is 16.8. The number of aryl methyl sites for hydroxylation is 1. The molecule has 4 rings (SSSR count). The van der Waals surface area contributed by atoms with Gasteiger partial charge in [-0.25, -0.2) is 4.39 Å². The fourth-order valence-corrected chi connectivity index (χ4v) is 5.43. The predicted octanol–water partition coefficient (Wildman–Crippen LogP) is 5.50. The van der Waals surface area contributed by atoms with Crippen LogP contribution in [0.15, 0.2) is 60.0 Å². The van der Waals surface area contributed by atoms with Gasteiger partial charge in [-0.15, -0.1) is 11.3 Å². The molecule has 1 aromatic heterocycles. The normalized spacial score (nSPS) is 15.1. The number of fused-ring (bicyclic) bond motifs is 1. The van der Waals surface area contributed by atoms with Crippen LogP contribution in [0.2, 0.25) is 0 Å². The van der Waals surface area contributed by atoms with Crippen molar-refractivity contribution in [1.82, 2.24) is 9.80 Å². The standard InChI is InChI=1S/C28H31FN2O3S/c1-19(2)16-30(28(33)23-10-5-4-7-20(23)3)17-27(32)31-13-11-26-24(12-14-35-26)25(31)18-34-22-9-6-8-21(29)15-22/h4-10,12,14-15,19,25H,11,13,16-18H2,1-3H3/t25-/m0/s1. The first kappa shape index (κ1) is 24.9. The molecule has 1 aliphatic rings. The lowest BCUT2D eigenvalue weighted by Crippen LogP contribution is -2.48. The van der Waals surface area contributed by atoms with Gasteiger partial charge < -0.3 is 14.5 Å². The van der Waals surface area contributed by atoms with Gasteiger partial charge in [-0.2, -0.15) is 0 Å². The fraction of sp³-hybridized carbons (Fsp3) is 0.357. The second kappa shape index (κ2) is 11.0. The van der Waals surface area contributed by atoms with Gasteiger partial charge in [-0.05, 0) is 60.0 Å². The topological polar surface area (TPSA) is 49.9 Å². The molecule has 2 aromatic carbocycles. The number of thiophene rings is 1. The van der Waals surface area contributed by atoms with Gasteiger partial charge in [-0.3, -0.25) is 9.59 Å². The van der Waals surface area contributed by atoms with Gasteiger partial charge in [0.25, 0.3) is 5.91 Å². The van der Waals surface area contributed by atoms with Crippen molar-refractivity contribution < 1.29 is 18.7 Å². The van der Waals surface area contributed by atoms with Crippen LogP contribution < -0.4 is 4.74 Å². The number of carbonyl (C=O) groups excluding carboxylic acids is 2. The average Bonchev–Trinajstić information content (AvgIpc) is 3.31. The molecule has 1 aliphatic heterocycles. The predicted molar refractivity (Wildman–Crippen MR) is 136 cm³/mol. The van der Waals surface area contributed by atoms with Gasteiger partial charge in [0.15, 0.2) is 0 Å². The van der Waals surface area contributed by atoms with Gasteiger partial charge in [0.05, 0.1) is 6.04 Å². The second-order valence-corrected chi connectivity index (χ2v) is 10.3. The van der Waals surface area contributed by atoms with Crippen molar-refractivity contribution in [3.8, 4) is 5.75 Å². The quantitative estimate of drug-likeness (QED) is 0.416. The number of benzene rings is 2. The first-order valence-corrected chi connectivity index (χ1v) is 12.8. The van der Waals surface area contributed by atoms with Crippen LogP contribution in [-0.2, 0) is 11.2 Å². The second-order valence-electron chi connectivity index (χ2n) is 9.31. The Balaban J connectivity index is 1.55. The van der Waals surface area contributed by atoms with E-state index in [1.54, 1.807) is 28.4 Å². The molecule has 0 unspecified atom stereocenters. The van der Waals surface area contributed by atoms with Gasteiger partial charge in [0.2, 0.25) is 5.91 Å². The van der Waals surface area contributed by atoms with Crippen LogP contribution in [0.4, 0.5) is 4.39 Å². The Morgan fingerprint density at radius 3 is 2.71 bits per heavy atom. The minimum Gasteiger partial charge on any atom is -0.491 e. The minimum atomic E-state index is -0.366. The van der Waals surface area contributed by atoms with E-state index in [0.717, 1.165) is 17.5 Å². The summed E-state index contributed by atoms with van der Waals surface area (Å²) in [4.78, 5) is 31.7. The van der Waals surface area contributed by atoms with Crippen molar-refractivity contribution in [1.29, 1.82) is 0 Å². The molecular formula is C28H31FN2O3S. The number of ether oxygens (including phenoxy) is 1. The molecular weight excluding hydrogens is 463 g/mol. The lowest BCUT2D eigenvalue weighted by molar-refractivity contribution is -0.135. The molecule has 0 saturated heterocycles. The van der Waals surface area contributed by atoms with Crippen molar-refractivity contribution in [3.63, 3.8) is 0 Å². The van der Waals surface area contributed by atoms with Crippen LogP contribution >= 0.6 is 11.3 Å². The summed E-state index contributed by atoms with van der Waals surface area (Å²) in [6.45, 7) is 7.24. The first-order valence-electron chi connectivity index (χ1n) is 11.9. The molecule has 0 radical (unpaired) electrons. The zero-order valence-electron chi connectivity index (χ0n) is 20.4. The number of rotatable bonds is 8. The molecule has 0 N–H and O–H groups in total. The Hall–Kier alpha value is -3.19. The highest BCUT2D eigenvalue weighted by Crippen LogP contribution is 2.34. The summed E-state index contributed by atoms with van der Waals surface area (Å²) >= 11 is 1.68. The molecule has 5 nitrogen and oxygen atoms in total. The zero-order valence-corrected chi connectivity index (χ0v) is 21.2. The summed E-state index contributed by atoms with van der Waals surface area (Å²) in [6, 6.07) is 15.2. The van der Waals surface area contributed by atoms with E-state index < -0.39 is 0 Å². The highest BCUT2D eigenvalue weighted by Gasteiger charge is 2.34. The zero-order chi connectivity index (χ0) is 24.9. The van der Waals surface area contributed by atoms with Crippen LogP contribution in [0.1, 0.15) is 46.3 Å². The molecule has 0 aliphatic carbocycles. The average molecular weight is 495 g/mol. The molecule has 3 aromatic rings. The number of halogens is 1. The Kier molecular flexibility index (Phi) is 7.86. The Bertz CT molecular complexity index is 1190. The van der Waals surface area contributed by atoms with E-state index in [4.69, 9.17) is 4.74 Å². The highest BCUT2D eigenvalue weighted by molar-refractivity contribution is 7.10. The van der Waals surface area contributed by atoms with E-state index in [9.17, 15) is 14.0 Å². The lowest BCUT2D eigenvalue weighted by Gasteiger charge is -2.37. The Labute approximate surface area is 210 Å². The van der Waals surface area contributed by atoms with Crippen LogP contribution in [0.25, 0.3) is 0 Å². The van der Waals surface area contributed by atoms with Crippen LogP contribution in [-0.4, -0.2) is 47.9 Å². The van der Waals surface area contributed by atoms with E-state index in [1.165, 1.54) is 17.0 Å². The fourth-order valence-electron chi connectivity index (χ4n) is 4.50. The molecule has 0 spiro atoms. The summed E-state index contributed by atoms with van der Waals surface area (Å²) in [5.74, 6) is 0.0289. The van der Waals surface area contributed by atoms with Crippen LogP contribution in [0.5, 0.6) is 5.75 Å².